The number of fused-ring (bicyclic) bond motifs is 1. The van der Waals surface area contributed by atoms with Gasteiger partial charge in [-0.15, -0.1) is 0 Å². The average molecular weight is 261 g/mol. The van der Waals surface area contributed by atoms with Crippen molar-refractivity contribution in [1.29, 1.82) is 0 Å². The van der Waals surface area contributed by atoms with Gasteiger partial charge in [-0.25, -0.2) is 4.98 Å². The van der Waals surface area contributed by atoms with Crippen LogP contribution in [0.2, 0.25) is 0 Å². The van der Waals surface area contributed by atoms with Crippen LogP contribution >= 0.6 is 0 Å². The molecule has 0 aliphatic carbocycles. The highest BCUT2D eigenvalue weighted by atomic mass is 16.5. The maximum absolute atomic E-state index is 5.80. The highest BCUT2D eigenvalue weighted by molar-refractivity contribution is 5.77. The number of imidazole rings is 1. The standard InChI is InChI=1S/C15H23N3O/c1-3-4-5-6-9-18-14-8-7-12(19-2)10-13(14)17-15(18)11-16/h7-8,10H,3-6,9,11,16H2,1-2H3. The van der Waals surface area contributed by atoms with Crippen LogP contribution in [0.25, 0.3) is 11.0 Å². The highest BCUT2D eigenvalue weighted by Gasteiger charge is 2.09. The second-order valence-electron chi connectivity index (χ2n) is 4.80. The zero-order valence-corrected chi connectivity index (χ0v) is 11.9. The van der Waals surface area contributed by atoms with E-state index in [1.54, 1.807) is 7.11 Å². The molecule has 0 amide bonds. The molecule has 4 nitrogen and oxygen atoms in total. The second-order valence-corrected chi connectivity index (χ2v) is 4.80. The predicted octanol–water partition coefficient (Wildman–Crippen LogP) is 3.08. The molecule has 0 saturated carbocycles. The maximum atomic E-state index is 5.80. The van der Waals surface area contributed by atoms with Crippen LogP contribution < -0.4 is 10.5 Å². The quantitative estimate of drug-likeness (QED) is 0.779. The van der Waals surface area contributed by atoms with Crippen molar-refractivity contribution in [3.8, 4) is 5.75 Å². The Hall–Kier alpha value is -1.55. The first kappa shape index (κ1) is 13.9. The van der Waals surface area contributed by atoms with Crippen molar-refractivity contribution in [2.75, 3.05) is 7.11 Å². The van der Waals surface area contributed by atoms with E-state index in [0.29, 0.717) is 6.54 Å². The molecule has 104 valence electrons. The number of methoxy groups -OCH3 is 1. The van der Waals surface area contributed by atoms with Gasteiger partial charge in [0.2, 0.25) is 0 Å². The van der Waals surface area contributed by atoms with Gasteiger partial charge in [-0.05, 0) is 18.6 Å². The third-order valence-electron chi connectivity index (χ3n) is 3.45. The van der Waals surface area contributed by atoms with Crippen molar-refractivity contribution in [3.63, 3.8) is 0 Å². The lowest BCUT2D eigenvalue weighted by Crippen LogP contribution is -2.08. The van der Waals surface area contributed by atoms with E-state index in [0.717, 1.165) is 29.2 Å². The van der Waals surface area contributed by atoms with E-state index in [-0.39, 0.29) is 0 Å². The van der Waals surface area contributed by atoms with Crippen LogP contribution in [-0.2, 0) is 13.1 Å². The van der Waals surface area contributed by atoms with Gasteiger partial charge in [0.1, 0.15) is 11.6 Å². The van der Waals surface area contributed by atoms with Crippen molar-refractivity contribution in [2.24, 2.45) is 5.73 Å². The normalized spacial score (nSPS) is 11.1. The molecule has 19 heavy (non-hydrogen) atoms. The zero-order valence-electron chi connectivity index (χ0n) is 11.9. The van der Waals surface area contributed by atoms with Gasteiger partial charge in [-0.1, -0.05) is 26.2 Å². The summed E-state index contributed by atoms with van der Waals surface area (Å²) >= 11 is 0. The predicted molar refractivity (Wildman–Crippen MR) is 78.3 cm³/mol. The molecule has 2 N–H and O–H groups in total. The summed E-state index contributed by atoms with van der Waals surface area (Å²) in [6.45, 7) is 3.70. The van der Waals surface area contributed by atoms with Gasteiger partial charge in [0.05, 0.1) is 24.7 Å². The molecule has 1 heterocycles. The molecule has 0 atom stereocenters. The van der Waals surface area contributed by atoms with Crippen LogP contribution in [-0.4, -0.2) is 16.7 Å². The third-order valence-corrected chi connectivity index (χ3v) is 3.45. The van der Waals surface area contributed by atoms with E-state index in [1.807, 2.05) is 12.1 Å². The first-order chi connectivity index (χ1) is 9.30. The Kier molecular flexibility index (Phi) is 4.80. The molecule has 1 aromatic carbocycles. The zero-order chi connectivity index (χ0) is 13.7. The number of ether oxygens (including phenoxy) is 1. The van der Waals surface area contributed by atoms with E-state index in [4.69, 9.17) is 10.5 Å². The van der Waals surface area contributed by atoms with E-state index in [9.17, 15) is 0 Å². The van der Waals surface area contributed by atoms with Gasteiger partial charge >= 0.3 is 0 Å². The van der Waals surface area contributed by atoms with Gasteiger partial charge in [0.25, 0.3) is 0 Å². The lowest BCUT2D eigenvalue weighted by atomic mass is 10.2. The number of rotatable bonds is 7. The molecule has 0 saturated heterocycles. The molecule has 0 fully saturated rings. The molecule has 0 spiro atoms. The fraction of sp³-hybridized carbons (Fsp3) is 0.533. The molecule has 0 aliphatic heterocycles. The third kappa shape index (κ3) is 3.07. The first-order valence-electron chi connectivity index (χ1n) is 7.03. The summed E-state index contributed by atoms with van der Waals surface area (Å²) in [6.07, 6.45) is 4.98. The van der Waals surface area contributed by atoms with Crippen molar-refractivity contribution < 1.29 is 4.74 Å². The Morgan fingerprint density at radius 1 is 1.26 bits per heavy atom. The topological polar surface area (TPSA) is 53.1 Å². The van der Waals surface area contributed by atoms with Crippen LogP contribution in [0, 0.1) is 0 Å². The van der Waals surface area contributed by atoms with Crippen molar-refractivity contribution in [2.45, 2.75) is 45.7 Å². The molecule has 2 aromatic rings. The number of unbranched alkanes of at least 4 members (excludes halogenated alkanes) is 3. The Bertz CT molecular complexity index is 533. The largest absolute Gasteiger partial charge is 0.497 e. The molecule has 2 rings (SSSR count). The Morgan fingerprint density at radius 2 is 2.11 bits per heavy atom. The van der Waals surface area contributed by atoms with Crippen LogP contribution in [0.5, 0.6) is 5.75 Å². The average Bonchev–Trinajstić information content (AvgIpc) is 2.80. The monoisotopic (exact) mass is 261 g/mol. The maximum Gasteiger partial charge on any atom is 0.123 e. The minimum Gasteiger partial charge on any atom is -0.497 e. The fourth-order valence-electron chi connectivity index (χ4n) is 2.39. The number of hydrogen-bond donors (Lipinski definition) is 1. The van der Waals surface area contributed by atoms with E-state index in [2.05, 4.69) is 22.5 Å². The summed E-state index contributed by atoms with van der Waals surface area (Å²) in [5.74, 6) is 1.80. The summed E-state index contributed by atoms with van der Waals surface area (Å²) in [6, 6.07) is 6.02. The summed E-state index contributed by atoms with van der Waals surface area (Å²) in [7, 11) is 1.67. The minimum absolute atomic E-state index is 0.477. The van der Waals surface area contributed by atoms with Gasteiger partial charge in [-0.3, -0.25) is 0 Å². The van der Waals surface area contributed by atoms with Crippen LogP contribution in [0.4, 0.5) is 0 Å². The van der Waals surface area contributed by atoms with Crippen LogP contribution in [0.15, 0.2) is 18.2 Å². The van der Waals surface area contributed by atoms with Gasteiger partial charge in [0, 0.05) is 12.6 Å². The molecular formula is C15H23N3O. The summed E-state index contributed by atoms with van der Waals surface area (Å²) < 4.78 is 7.48. The molecule has 0 bridgehead atoms. The lowest BCUT2D eigenvalue weighted by molar-refractivity contribution is 0.415. The second kappa shape index (κ2) is 6.57. The Morgan fingerprint density at radius 3 is 2.79 bits per heavy atom. The molecule has 0 radical (unpaired) electrons. The summed E-state index contributed by atoms with van der Waals surface area (Å²) in [4.78, 5) is 4.60. The van der Waals surface area contributed by atoms with Crippen molar-refractivity contribution in [1.82, 2.24) is 9.55 Å². The van der Waals surface area contributed by atoms with Crippen molar-refractivity contribution >= 4 is 11.0 Å². The van der Waals surface area contributed by atoms with Gasteiger partial charge in [-0.2, -0.15) is 0 Å². The molecule has 4 heteroatoms. The number of aryl methyl sites for hydroxylation is 1. The summed E-state index contributed by atoms with van der Waals surface area (Å²) in [5.41, 5.74) is 7.92. The van der Waals surface area contributed by atoms with E-state index < -0.39 is 0 Å². The first-order valence-corrected chi connectivity index (χ1v) is 7.03. The number of hydrogen-bond acceptors (Lipinski definition) is 3. The van der Waals surface area contributed by atoms with Gasteiger partial charge in [0.15, 0.2) is 0 Å². The fourth-order valence-corrected chi connectivity index (χ4v) is 2.39. The minimum atomic E-state index is 0.477. The number of nitrogens with two attached hydrogens (primary N) is 1. The summed E-state index contributed by atoms with van der Waals surface area (Å²) in [5, 5.41) is 0. The van der Waals surface area contributed by atoms with Crippen LogP contribution in [0.1, 0.15) is 38.4 Å². The van der Waals surface area contributed by atoms with E-state index in [1.165, 1.54) is 25.7 Å². The molecular weight excluding hydrogens is 238 g/mol. The highest BCUT2D eigenvalue weighted by Crippen LogP contribution is 2.22. The van der Waals surface area contributed by atoms with Gasteiger partial charge < -0.3 is 15.0 Å². The number of aromatic nitrogens is 2. The molecule has 0 unspecified atom stereocenters. The van der Waals surface area contributed by atoms with E-state index >= 15 is 0 Å². The number of nitrogens with zero attached hydrogens (tertiary/aromatic N) is 2. The van der Waals surface area contributed by atoms with Crippen molar-refractivity contribution in [3.05, 3.63) is 24.0 Å². The Labute approximate surface area is 114 Å². The SMILES string of the molecule is CCCCCCn1c(CN)nc2cc(OC)ccc21. The smallest absolute Gasteiger partial charge is 0.123 e. The van der Waals surface area contributed by atoms with Crippen LogP contribution in [0.3, 0.4) is 0 Å². The molecule has 0 aliphatic rings. The number of benzene rings is 1. The molecule has 1 aromatic heterocycles. The lowest BCUT2D eigenvalue weighted by Gasteiger charge is -2.08. The Balaban J connectivity index is 2.24.